The van der Waals surface area contributed by atoms with Crippen molar-refractivity contribution in [3.05, 3.63) is 5.82 Å². The first-order chi connectivity index (χ1) is 6.71. The van der Waals surface area contributed by atoms with Crippen molar-refractivity contribution in [3.63, 3.8) is 0 Å². The van der Waals surface area contributed by atoms with Crippen molar-refractivity contribution >= 4 is 11.9 Å². The summed E-state index contributed by atoms with van der Waals surface area (Å²) in [6.45, 7) is 7.85. The highest BCUT2D eigenvalue weighted by Gasteiger charge is 2.07. The summed E-state index contributed by atoms with van der Waals surface area (Å²) in [4.78, 5) is 14.8. The molecule has 1 rings (SSSR count). The first-order valence-corrected chi connectivity index (χ1v) is 4.86. The van der Waals surface area contributed by atoms with Crippen molar-refractivity contribution in [2.24, 2.45) is 0 Å². The van der Waals surface area contributed by atoms with E-state index in [-0.39, 0.29) is 0 Å². The van der Waals surface area contributed by atoms with E-state index in [9.17, 15) is 0 Å². The molecule has 14 heavy (non-hydrogen) atoms. The first kappa shape index (κ1) is 10.7. The zero-order valence-corrected chi connectivity index (χ0v) is 9.20. The minimum absolute atomic E-state index is 0.624. The summed E-state index contributed by atoms with van der Waals surface area (Å²) in [5.74, 6) is 2.11. The molecule has 0 spiro atoms. The maximum atomic E-state index is 4.29. The largest absolute Gasteiger partial charge is 0.357 e. The Hall–Kier alpha value is -1.39. The Morgan fingerprint density at radius 1 is 1.14 bits per heavy atom. The molecule has 0 aliphatic carbocycles. The molecule has 0 amide bonds. The van der Waals surface area contributed by atoms with Crippen LogP contribution >= 0.6 is 0 Å². The van der Waals surface area contributed by atoms with Crippen LogP contribution in [0.15, 0.2) is 0 Å². The second-order valence-corrected chi connectivity index (χ2v) is 2.93. The summed E-state index contributed by atoms with van der Waals surface area (Å²) in [6.07, 6.45) is 0. The summed E-state index contributed by atoms with van der Waals surface area (Å²) < 4.78 is 0. The molecular weight excluding hydrogens is 178 g/mol. The van der Waals surface area contributed by atoms with Crippen LogP contribution in [0.3, 0.4) is 0 Å². The van der Waals surface area contributed by atoms with Gasteiger partial charge >= 0.3 is 0 Å². The molecule has 5 heteroatoms. The summed E-state index contributed by atoms with van der Waals surface area (Å²) in [5.41, 5.74) is 0. The number of hydrogen-bond donors (Lipinski definition) is 1. The average Bonchev–Trinajstić information content (AvgIpc) is 2.19. The fourth-order valence-corrected chi connectivity index (χ4v) is 1.23. The van der Waals surface area contributed by atoms with E-state index in [1.54, 1.807) is 7.05 Å². The van der Waals surface area contributed by atoms with Crippen molar-refractivity contribution < 1.29 is 0 Å². The number of nitrogens with zero attached hydrogens (tertiary/aromatic N) is 4. The van der Waals surface area contributed by atoms with Gasteiger partial charge in [0.25, 0.3) is 0 Å². The highest BCUT2D eigenvalue weighted by Crippen LogP contribution is 2.09. The Kier molecular flexibility index (Phi) is 3.62. The molecule has 1 aromatic rings. The van der Waals surface area contributed by atoms with Gasteiger partial charge in [-0.05, 0) is 20.8 Å². The van der Waals surface area contributed by atoms with Gasteiger partial charge in [0.2, 0.25) is 11.9 Å². The smallest absolute Gasteiger partial charge is 0.230 e. The molecule has 0 fully saturated rings. The van der Waals surface area contributed by atoms with Crippen LogP contribution < -0.4 is 10.2 Å². The fourth-order valence-electron chi connectivity index (χ4n) is 1.23. The number of aromatic nitrogens is 3. The van der Waals surface area contributed by atoms with Gasteiger partial charge in [-0.3, -0.25) is 0 Å². The quantitative estimate of drug-likeness (QED) is 0.778. The molecule has 1 heterocycles. The van der Waals surface area contributed by atoms with Crippen molar-refractivity contribution in [1.29, 1.82) is 0 Å². The minimum Gasteiger partial charge on any atom is -0.357 e. The van der Waals surface area contributed by atoms with Gasteiger partial charge < -0.3 is 10.2 Å². The van der Waals surface area contributed by atoms with E-state index in [4.69, 9.17) is 0 Å². The lowest BCUT2D eigenvalue weighted by Gasteiger charge is -2.18. The lowest BCUT2D eigenvalue weighted by molar-refractivity contribution is 0.803. The van der Waals surface area contributed by atoms with Crippen LogP contribution in [0.4, 0.5) is 11.9 Å². The minimum atomic E-state index is 0.624. The van der Waals surface area contributed by atoms with Gasteiger partial charge in [0.1, 0.15) is 5.82 Å². The number of rotatable bonds is 4. The molecule has 78 valence electrons. The number of nitrogens with one attached hydrogen (secondary N) is 1. The SMILES string of the molecule is CCN(CC)c1nc(C)nc(NC)n1. The van der Waals surface area contributed by atoms with E-state index in [0.29, 0.717) is 5.95 Å². The van der Waals surface area contributed by atoms with Crippen LogP contribution in [-0.2, 0) is 0 Å². The van der Waals surface area contributed by atoms with Gasteiger partial charge in [-0.15, -0.1) is 0 Å². The molecule has 1 N–H and O–H groups in total. The predicted octanol–water partition coefficient (Wildman–Crippen LogP) is 1.07. The molecule has 0 saturated carbocycles. The molecule has 0 radical (unpaired) electrons. The number of hydrogen-bond acceptors (Lipinski definition) is 5. The van der Waals surface area contributed by atoms with Crippen LogP contribution in [-0.4, -0.2) is 35.1 Å². The monoisotopic (exact) mass is 195 g/mol. The lowest BCUT2D eigenvalue weighted by Crippen LogP contribution is -2.25. The van der Waals surface area contributed by atoms with Gasteiger partial charge in [0, 0.05) is 20.1 Å². The summed E-state index contributed by atoms with van der Waals surface area (Å²) in [7, 11) is 1.81. The third-order valence-corrected chi connectivity index (χ3v) is 2.01. The lowest BCUT2D eigenvalue weighted by atomic mass is 10.5. The van der Waals surface area contributed by atoms with E-state index in [0.717, 1.165) is 24.9 Å². The maximum absolute atomic E-state index is 4.29. The van der Waals surface area contributed by atoms with Gasteiger partial charge in [0.15, 0.2) is 0 Å². The van der Waals surface area contributed by atoms with Crippen molar-refractivity contribution in [2.75, 3.05) is 30.4 Å². The first-order valence-electron chi connectivity index (χ1n) is 4.86. The third kappa shape index (κ3) is 2.31. The Bertz CT molecular complexity index is 295. The second kappa shape index (κ2) is 4.74. The van der Waals surface area contributed by atoms with Crippen LogP contribution in [0.2, 0.25) is 0 Å². The van der Waals surface area contributed by atoms with Crippen LogP contribution in [0.5, 0.6) is 0 Å². The Balaban J connectivity index is 3.01. The molecule has 0 bridgehead atoms. The number of aryl methyl sites for hydroxylation is 1. The zero-order valence-electron chi connectivity index (χ0n) is 9.20. The maximum Gasteiger partial charge on any atom is 0.230 e. The van der Waals surface area contributed by atoms with E-state index in [2.05, 4.69) is 39.0 Å². The van der Waals surface area contributed by atoms with Crippen LogP contribution in [0.1, 0.15) is 19.7 Å². The number of anilines is 2. The highest BCUT2D eigenvalue weighted by molar-refractivity contribution is 5.36. The van der Waals surface area contributed by atoms with E-state index in [1.165, 1.54) is 0 Å². The molecule has 5 nitrogen and oxygen atoms in total. The van der Waals surface area contributed by atoms with E-state index in [1.807, 2.05) is 6.92 Å². The molecular formula is C9H17N5. The van der Waals surface area contributed by atoms with Crippen LogP contribution in [0.25, 0.3) is 0 Å². The zero-order chi connectivity index (χ0) is 10.6. The Morgan fingerprint density at radius 2 is 1.79 bits per heavy atom. The molecule has 0 aliphatic heterocycles. The molecule has 0 aliphatic rings. The van der Waals surface area contributed by atoms with Gasteiger partial charge in [-0.1, -0.05) is 0 Å². The average molecular weight is 195 g/mol. The van der Waals surface area contributed by atoms with Crippen LogP contribution in [0, 0.1) is 6.92 Å². The predicted molar refractivity (Wildman–Crippen MR) is 57.7 cm³/mol. The topological polar surface area (TPSA) is 53.9 Å². The van der Waals surface area contributed by atoms with Gasteiger partial charge in [0.05, 0.1) is 0 Å². The van der Waals surface area contributed by atoms with Crippen molar-refractivity contribution in [3.8, 4) is 0 Å². The second-order valence-electron chi connectivity index (χ2n) is 2.93. The third-order valence-electron chi connectivity index (χ3n) is 2.01. The molecule has 0 aromatic carbocycles. The van der Waals surface area contributed by atoms with Crippen molar-refractivity contribution in [1.82, 2.24) is 15.0 Å². The Morgan fingerprint density at radius 3 is 2.29 bits per heavy atom. The summed E-state index contributed by atoms with van der Waals surface area (Å²) in [5, 5.41) is 2.92. The molecule has 0 atom stereocenters. The normalized spacial score (nSPS) is 10.0. The summed E-state index contributed by atoms with van der Waals surface area (Å²) >= 11 is 0. The standard InChI is InChI=1S/C9H17N5/c1-5-14(6-2)9-12-7(3)11-8(10-4)13-9/h5-6H2,1-4H3,(H,10,11,12,13). The fraction of sp³-hybridized carbons (Fsp3) is 0.667. The molecule has 1 aromatic heterocycles. The van der Waals surface area contributed by atoms with Crippen molar-refractivity contribution in [2.45, 2.75) is 20.8 Å². The van der Waals surface area contributed by atoms with Gasteiger partial charge in [-0.2, -0.15) is 15.0 Å². The van der Waals surface area contributed by atoms with Gasteiger partial charge in [-0.25, -0.2) is 0 Å². The summed E-state index contributed by atoms with van der Waals surface area (Å²) in [6, 6.07) is 0. The molecule has 0 unspecified atom stereocenters. The van der Waals surface area contributed by atoms with E-state index >= 15 is 0 Å². The van der Waals surface area contributed by atoms with E-state index < -0.39 is 0 Å². The molecule has 0 saturated heterocycles. The Labute approximate surface area is 84.6 Å². The highest BCUT2D eigenvalue weighted by atomic mass is 15.3.